The first kappa shape index (κ1) is 34.9. The molecule has 0 saturated heterocycles. The summed E-state index contributed by atoms with van der Waals surface area (Å²) in [7, 11) is 2.07. The molecule has 0 bridgehead atoms. The lowest BCUT2D eigenvalue weighted by Crippen LogP contribution is -2.47. The zero-order chi connectivity index (χ0) is 33.1. The van der Waals surface area contributed by atoms with Crippen molar-refractivity contribution in [2.45, 2.75) is 64.8 Å². The highest BCUT2D eigenvalue weighted by Gasteiger charge is 2.30. The number of fused-ring (bicyclic) bond motifs is 1. The highest BCUT2D eigenvalue weighted by atomic mass is 19.1. The molecule has 248 valence electrons. The Morgan fingerprint density at radius 3 is 2.46 bits per heavy atom. The molecule has 10 heteroatoms. The number of nitrogens with zero attached hydrogens (tertiary/aromatic N) is 2. The molecule has 0 unspecified atom stereocenters. The molecule has 0 fully saturated rings. The van der Waals surface area contributed by atoms with E-state index in [4.69, 9.17) is 9.47 Å². The minimum Gasteiger partial charge on any atom is -0.490 e. The topological polar surface area (TPSA) is 103 Å². The number of hydrogen-bond acceptors (Lipinski definition) is 6. The molecular formula is C36H47FN4O5. The molecule has 0 spiro atoms. The van der Waals surface area contributed by atoms with E-state index in [9.17, 15) is 19.1 Å². The molecule has 3 aromatic carbocycles. The average molecular weight is 635 g/mol. The van der Waals surface area contributed by atoms with Crippen molar-refractivity contribution in [3.63, 3.8) is 0 Å². The smallest absolute Gasteiger partial charge is 0.323 e. The monoisotopic (exact) mass is 634 g/mol. The van der Waals surface area contributed by atoms with E-state index >= 15 is 0 Å². The molecule has 3 amide bonds. The van der Waals surface area contributed by atoms with Gasteiger partial charge in [0.1, 0.15) is 11.6 Å². The van der Waals surface area contributed by atoms with Gasteiger partial charge >= 0.3 is 6.03 Å². The van der Waals surface area contributed by atoms with Crippen LogP contribution in [-0.2, 0) is 11.3 Å². The normalized spacial score (nSPS) is 20.3. The molecule has 0 aliphatic carbocycles. The van der Waals surface area contributed by atoms with Gasteiger partial charge in [-0.15, -0.1) is 0 Å². The summed E-state index contributed by atoms with van der Waals surface area (Å²) in [5, 5.41) is 15.6. The molecule has 1 heterocycles. The molecular weight excluding hydrogens is 587 g/mol. The number of aliphatic hydroxyl groups excluding tert-OH is 1. The van der Waals surface area contributed by atoms with E-state index in [2.05, 4.69) is 41.6 Å². The Kier molecular flexibility index (Phi) is 12.9. The third-order valence-electron chi connectivity index (χ3n) is 8.20. The number of hydrogen-bond donors (Lipinski definition) is 3. The molecule has 1 aliphatic heterocycles. The van der Waals surface area contributed by atoms with Gasteiger partial charge in [-0.25, -0.2) is 9.18 Å². The number of ether oxygens (including phenoxy) is 2. The van der Waals surface area contributed by atoms with Crippen LogP contribution in [0.2, 0.25) is 0 Å². The van der Waals surface area contributed by atoms with E-state index < -0.39 is 17.9 Å². The number of carbonyl (C=O) groups is 2. The predicted octanol–water partition coefficient (Wildman–Crippen LogP) is 6.40. The Hall–Kier alpha value is -3.99. The van der Waals surface area contributed by atoms with Gasteiger partial charge in [-0.1, -0.05) is 37.3 Å². The lowest BCUT2D eigenvalue weighted by molar-refractivity contribution is -0.0177. The first-order chi connectivity index (χ1) is 22.1. The number of nitrogens with one attached hydrogen (secondary N) is 2. The summed E-state index contributed by atoms with van der Waals surface area (Å²) in [6, 6.07) is 19.7. The Labute approximate surface area is 271 Å². The standard InChI is InChI=1S/C36H47FN4O5/c1-25-21-41(26(2)24-42)35(43)32-20-31(39-36(44)38-30-15-13-29(37)14-16-30)17-18-33(32)46-27(3)10-8-9-19-45-34(25)23-40(4)22-28-11-6-5-7-12-28/h5-7,11-18,20,25-27,34,42H,8-10,19,21-24H2,1-4H3,(H2,38,39,44)/t25-,26-,27+,34+/m1/s1. The number of aliphatic hydroxyl groups is 1. The fourth-order valence-electron chi connectivity index (χ4n) is 5.56. The van der Waals surface area contributed by atoms with Gasteiger partial charge in [0.15, 0.2) is 0 Å². The second-order valence-electron chi connectivity index (χ2n) is 12.3. The minimum absolute atomic E-state index is 0.0507. The maximum absolute atomic E-state index is 14.3. The van der Waals surface area contributed by atoms with Crippen LogP contribution in [0.15, 0.2) is 72.8 Å². The van der Waals surface area contributed by atoms with Crippen LogP contribution >= 0.6 is 0 Å². The Morgan fingerprint density at radius 1 is 1.04 bits per heavy atom. The van der Waals surface area contributed by atoms with E-state index in [1.54, 1.807) is 23.1 Å². The van der Waals surface area contributed by atoms with Crippen LogP contribution in [0.5, 0.6) is 5.75 Å². The van der Waals surface area contributed by atoms with Crippen molar-refractivity contribution in [3.05, 3.63) is 89.7 Å². The van der Waals surface area contributed by atoms with Gasteiger partial charge in [0.05, 0.1) is 30.4 Å². The fourth-order valence-corrected chi connectivity index (χ4v) is 5.56. The fraction of sp³-hybridized carbons (Fsp3) is 0.444. The number of carbonyl (C=O) groups excluding carboxylic acids is 2. The van der Waals surface area contributed by atoms with E-state index in [1.165, 1.54) is 29.8 Å². The van der Waals surface area contributed by atoms with Crippen LogP contribution in [0.4, 0.5) is 20.6 Å². The molecule has 3 N–H and O–H groups in total. The summed E-state index contributed by atoms with van der Waals surface area (Å²) in [6.07, 6.45) is 2.26. The third kappa shape index (κ3) is 10.3. The number of amides is 3. The van der Waals surface area contributed by atoms with Gasteiger partial charge < -0.3 is 30.1 Å². The van der Waals surface area contributed by atoms with E-state index in [1.807, 2.05) is 32.0 Å². The van der Waals surface area contributed by atoms with Gasteiger partial charge in [-0.3, -0.25) is 9.69 Å². The molecule has 4 atom stereocenters. The second-order valence-corrected chi connectivity index (χ2v) is 12.3. The molecule has 0 aromatic heterocycles. The quantitative estimate of drug-likeness (QED) is 0.265. The lowest BCUT2D eigenvalue weighted by atomic mass is 10.0. The second kappa shape index (κ2) is 17.1. The molecule has 46 heavy (non-hydrogen) atoms. The van der Waals surface area contributed by atoms with Crippen LogP contribution in [0.3, 0.4) is 0 Å². The van der Waals surface area contributed by atoms with Crippen LogP contribution in [0.1, 0.15) is 56.0 Å². The highest BCUT2D eigenvalue weighted by molar-refractivity contribution is 6.02. The largest absolute Gasteiger partial charge is 0.490 e. The van der Waals surface area contributed by atoms with Crippen LogP contribution < -0.4 is 15.4 Å². The average Bonchev–Trinajstić information content (AvgIpc) is 3.04. The minimum atomic E-state index is -0.539. The summed E-state index contributed by atoms with van der Waals surface area (Å²) in [6.45, 7) is 8.05. The number of rotatable bonds is 8. The van der Waals surface area contributed by atoms with Crippen molar-refractivity contribution in [1.82, 2.24) is 9.80 Å². The van der Waals surface area contributed by atoms with E-state index in [-0.39, 0.29) is 36.2 Å². The molecule has 4 rings (SSSR count). The third-order valence-corrected chi connectivity index (χ3v) is 8.20. The number of halogens is 1. The number of anilines is 2. The molecule has 0 radical (unpaired) electrons. The van der Waals surface area contributed by atoms with Crippen molar-refractivity contribution in [1.29, 1.82) is 0 Å². The maximum atomic E-state index is 14.3. The number of likely N-dealkylation sites (N-methyl/N-ethyl adjacent to an activating group) is 1. The Morgan fingerprint density at radius 2 is 1.74 bits per heavy atom. The van der Waals surface area contributed by atoms with Crippen LogP contribution in [-0.4, -0.2) is 78.4 Å². The van der Waals surface area contributed by atoms with Gasteiger partial charge in [0.25, 0.3) is 5.91 Å². The van der Waals surface area contributed by atoms with Gasteiger partial charge in [-0.2, -0.15) is 0 Å². The molecule has 1 aliphatic rings. The first-order valence-corrected chi connectivity index (χ1v) is 16.0. The lowest BCUT2D eigenvalue weighted by Gasteiger charge is -2.36. The van der Waals surface area contributed by atoms with Gasteiger partial charge in [-0.05, 0) is 88.2 Å². The van der Waals surface area contributed by atoms with Crippen LogP contribution in [0.25, 0.3) is 0 Å². The van der Waals surface area contributed by atoms with E-state index in [0.717, 1.165) is 25.8 Å². The van der Waals surface area contributed by atoms with Crippen molar-refractivity contribution in [2.75, 3.05) is 44.0 Å². The van der Waals surface area contributed by atoms with Crippen molar-refractivity contribution >= 4 is 23.3 Å². The van der Waals surface area contributed by atoms with E-state index in [0.29, 0.717) is 36.8 Å². The van der Waals surface area contributed by atoms with Crippen molar-refractivity contribution in [2.24, 2.45) is 5.92 Å². The highest BCUT2D eigenvalue weighted by Crippen LogP contribution is 2.29. The molecule has 3 aromatic rings. The number of urea groups is 1. The molecule has 0 saturated carbocycles. The van der Waals surface area contributed by atoms with Crippen molar-refractivity contribution < 1.29 is 28.6 Å². The first-order valence-electron chi connectivity index (χ1n) is 16.0. The van der Waals surface area contributed by atoms with Crippen LogP contribution in [0, 0.1) is 11.7 Å². The van der Waals surface area contributed by atoms with Gasteiger partial charge in [0.2, 0.25) is 0 Å². The maximum Gasteiger partial charge on any atom is 0.323 e. The summed E-state index contributed by atoms with van der Waals surface area (Å²) in [5.74, 6) is -0.355. The summed E-state index contributed by atoms with van der Waals surface area (Å²) < 4.78 is 26.0. The summed E-state index contributed by atoms with van der Waals surface area (Å²) in [4.78, 5) is 31.0. The Bertz CT molecular complexity index is 1410. The summed E-state index contributed by atoms with van der Waals surface area (Å²) >= 11 is 0. The zero-order valence-corrected chi connectivity index (χ0v) is 27.2. The Balaban J connectivity index is 1.58. The van der Waals surface area contributed by atoms with Crippen molar-refractivity contribution in [3.8, 4) is 5.75 Å². The number of benzene rings is 3. The molecule has 9 nitrogen and oxygen atoms in total. The zero-order valence-electron chi connectivity index (χ0n) is 27.2. The SMILES string of the molecule is C[C@@H]1CN([C@H](C)CO)C(=O)c2cc(NC(=O)Nc3ccc(F)cc3)ccc2O[C@@H](C)CCCCO[C@H]1CN(C)Cc1ccccc1. The predicted molar refractivity (Wildman–Crippen MR) is 179 cm³/mol. The summed E-state index contributed by atoms with van der Waals surface area (Å²) in [5.41, 5.74) is 2.31. The van der Waals surface area contributed by atoms with Gasteiger partial charge in [0, 0.05) is 43.5 Å².